The second-order valence-corrected chi connectivity index (χ2v) is 6.76. The van der Waals surface area contributed by atoms with Gasteiger partial charge in [-0.05, 0) is 42.8 Å². The van der Waals surface area contributed by atoms with Crippen LogP contribution in [0.4, 0.5) is 19.0 Å². The highest BCUT2D eigenvalue weighted by molar-refractivity contribution is 6.32. The van der Waals surface area contributed by atoms with Crippen LogP contribution >= 0.6 is 11.6 Å². The number of nitrogens with two attached hydrogens (primary N) is 1. The smallest absolute Gasteiger partial charge is 0.345 e. The zero-order valence-electron chi connectivity index (χ0n) is 15.2. The van der Waals surface area contributed by atoms with Crippen molar-refractivity contribution in [3.8, 4) is 11.4 Å². The summed E-state index contributed by atoms with van der Waals surface area (Å²) in [6.45, 7) is -2.41. The minimum atomic E-state index is -2.77. The monoisotopic (exact) mass is 426 g/mol. The number of nitrogens with zero attached hydrogens (tertiary/aromatic N) is 3. The molecule has 0 spiro atoms. The summed E-state index contributed by atoms with van der Waals surface area (Å²) in [6, 6.07) is 4.33. The molecule has 10 heteroatoms. The van der Waals surface area contributed by atoms with Crippen molar-refractivity contribution in [1.29, 1.82) is 0 Å². The molecule has 0 amide bonds. The maximum atomic E-state index is 14.6. The largest absolute Gasteiger partial charge is 0.382 e. The Kier molecular flexibility index (Phi) is 6.71. The van der Waals surface area contributed by atoms with Gasteiger partial charge in [0.15, 0.2) is 5.82 Å². The molecular formula is C19H18ClF3N4O2. The Morgan fingerprint density at radius 2 is 2.03 bits per heavy atom. The van der Waals surface area contributed by atoms with Crippen LogP contribution in [0.5, 0.6) is 0 Å². The average Bonchev–Trinajstić information content (AvgIpc) is 2.68. The molecule has 29 heavy (non-hydrogen) atoms. The fraction of sp³-hybridized carbons (Fsp3) is 0.316. The second-order valence-electron chi connectivity index (χ2n) is 6.35. The Balaban J connectivity index is 1.78. The van der Waals surface area contributed by atoms with Crippen LogP contribution in [0, 0.1) is 5.82 Å². The van der Waals surface area contributed by atoms with Crippen molar-refractivity contribution in [3.63, 3.8) is 0 Å². The van der Waals surface area contributed by atoms with E-state index in [-0.39, 0.29) is 39.8 Å². The number of rotatable bonds is 8. The molecule has 0 aliphatic carbocycles. The van der Waals surface area contributed by atoms with Crippen LogP contribution in [0.2, 0.25) is 5.02 Å². The molecule has 0 aliphatic rings. The normalized spacial score (nSPS) is 11.5. The third-order valence-electron chi connectivity index (χ3n) is 4.36. The molecule has 3 rings (SSSR count). The number of fused-ring (bicyclic) bond motifs is 1. The topological polar surface area (TPSA) is 83.0 Å². The van der Waals surface area contributed by atoms with E-state index in [4.69, 9.17) is 17.3 Å². The summed E-state index contributed by atoms with van der Waals surface area (Å²) in [7, 11) is 0. The number of halogens is 4. The second kappa shape index (κ2) is 9.23. The van der Waals surface area contributed by atoms with Crippen LogP contribution in [0.15, 0.2) is 35.4 Å². The Morgan fingerprint density at radius 3 is 2.76 bits per heavy atom. The maximum Gasteiger partial charge on any atom is 0.345 e. The molecule has 0 aliphatic heterocycles. The van der Waals surface area contributed by atoms with E-state index in [1.807, 2.05) is 0 Å². The molecule has 2 heterocycles. The van der Waals surface area contributed by atoms with E-state index in [1.54, 1.807) is 12.3 Å². The SMILES string of the molecule is Nc1nc(-c2cc3ccn(CCCCCOC(F)F)c(=O)c3cc2F)ncc1Cl. The first kappa shape index (κ1) is 21.1. The number of hydrogen-bond acceptors (Lipinski definition) is 5. The van der Waals surface area contributed by atoms with E-state index in [0.29, 0.717) is 31.2 Å². The number of nitrogen functional groups attached to an aromatic ring is 1. The van der Waals surface area contributed by atoms with Crippen molar-refractivity contribution in [2.75, 3.05) is 12.3 Å². The Hall–Kier alpha value is -2.65. The van der Waals surface area contributed by atoms with Gasteiger partial charge in [-0.3, -0.25) is 4.79 Å². The highest BCUT2D eigenvalue weighted by Crippen LogP contribution is 2.26. The van der Waals surface area contributed by atoms with Crippen LogP contribution < -0.4 is 11.3 Å². The number of anilines is 1. The number of unbranched alkanes of at least 4 members (excludes halogenated alkanes) is 2. The highest BCUT2D eigenvalue weighted by atomic mass is 35.5. The van der Waals surface area contributed by atoms with Crippen molar-refractivity contribution in [1.82, 2.24) is 14.5 Å². The van der Waals surface area contributed by atoms with Gasteiger partial charge in [0.2, 0.25) is 0 Å². The zero-order chi connectivity index (χ0) is 21.0. The van der Waals surface area contributed by atoms with Crippen LogP contribution in [0.1, 0.15) is 19.3 Å². The van der Waals surface area contributed by atoms with Gasteiger partial charge in [-0.25, -0.2) is 14.4 Å². The first-order valence-corrected chi connectivity index (χ1v) is 9.25. The fourth-order valence-electron chi connectivity index (χ4n) is 2.90. The number of benzene rings is 1. The third-order valence-corrected chi connectivity index (χ3v) is 4.66. The highest BCUT2D eigenvalue weighted by Gasteiger charge is 2.14. The molecule has 154 valence electrons. The molecule has 0 unspecified atom stereocenters. The molecule has 3 aromatic rings. The van der Waals surface area contributed by atoms with E-state index in [9.17, 15) is 18.0 Å². The van der Waals surface area contributed by atoms with Crippen molar-refractivity contribution in [2.24, 2.45) is 0 Å². The van der Waals surface area contributed by atoms with E-state index >= 15 is 0 Å². The van der Waals surface area contributed by atoms with Gasteiger partial charge < -0.3 is 15.0 Å². The van der Waals surface area contributed by atoms with Gasteiger partial charge in [-0.2, -0.15) is 8.78 Å². The summed E-state index contributed by atoms with van der Waals surface area (Å²) in [6.07, 6.45) is 4.59. The molecule has 2 N–H and O–H groups in total. The lowest BCUT2D eigenvalue weighted by Gasteiger charge is -2.09. The molecule has 0 atom stereocenters. The lowest BCUT2D eigenvalue weighted by Crippen LogP contribution is -2.19. The molecule has 0 bridgehead atoms. The van der Waals surface area contributed by atoms with E-state index in [2.05, 4.69) is 14.7 Å². The molecule has 6 nitrogen and oxygen atoms in total. The summed E-state index contributed by atoms with van der Waals surface area (Å²) in [4.78, 5) is 20.6. The molecule has 2 aromatic heterocycles. The zero-order valence-corrected chi connectivity index (χ0v) is 16.0. The molecule has 0 saturated heterocycles. The first-order chi connectivity index (χ1) is 13.9. The number of pyridine rings is 1. The van der Waals surface area contributed by atoms with Gasteiger partial charge in [-0.15, -0.1) is 0 Å². The standard InChI is InChI=1S/C19H18ClF3N4O2/c20-14-10-25-17(26-16(14)24)13-8-11-4-6-27(18(28)12(11)9-15(13)21)5-2-1-3-7-29-19(22)23/h4,6,8-10,19H,1-3,5,7H2,(H2,24,25,26). The summed E-state index contributed by atoms with van der Waals surface area (Å²) in [5.74, 6) is -0.551. The van der Waals surface area contributed by atoms with Crippen LogP contribution in [0.25, 0.3) is 22.2 Å². The third kappa shape index (κ3) is 5.04. The van der Waals surface area contributed by atoms with Gasteiger partial charge in [0, 0.05) is 12.7 Å². The predicted molar refractivity (Wildman–Crippen MR) is 104 cm³/mol. The molecule has 1 aromatic carbocycles. The van der Waals surface area contributed by atoms with E-state index in [0.717, 1.165) is 6.07 Å². The van der Waals surface area contributed by atoms with Gasteiger partial charge in [0.25, 0.3) is 5.56 Å². The van der Waals surface area contributed by atoms with Crippen LogP contribution in [0.3, 0.4) is 0 Å². The van der Waals surface area contributed by atoms with Crippen molar-refractivity contribution >= 4 is 28.2 Å². The summed E-state index contributed by atoms with van der Waals surface area (Å²) >= 11 is 5.80. The van der Waals surface area contributed by atoms with Crippen molar-refractivity contribution < 1.29 is 17.9 Å². The fourth-order valence-corrected chi connectivity index (χ4v) is 2.99. The minimum Gasteiger partial charge on any atom is -0.382 e. The summed E-state index contributed by atoms with van der Waals surface area (Å²) in [5.41, 5.74) is 5.42. The lowest BCUT2D eigenvalue weighted by atomic mass is 10.1. The molecule has 0 saturated carbocycles. The van der Waals surface area contributed by atoms with Gasteiger partial charge >= 0.3 is 6.61 Å². The van der Waals surface area contributed by atoms with Crippen LogP contribution in [-0.2, 0) is 11.3 Å². The molecule has 0 fully saturated rings. The number of alkyl halides is 2. The number of hydrogen-bond donors (Lipinski definition) is 1. The van der Waals surface area contributed by atoms with Gasteiger partial charge in [-0.1, -0.05) is 11.6 Å². The average molecular weight is 427 g/mol. The van der Waals surface area contributed by atoms with E-state index in [1.165, 1.54) is 16.8 Å². The number of ether oxygens (including phenoxy) is 1. The quantitative estimate of drug-likeness (QED) is 0.545. The summed E-state index contributed by atoms with van der Waals surface area (Å²) in [5, 5.41) is 0.917. The Labute approximate surface area is 169 Å². The summed E-state index contributed by atoms with van der Waals surface area (Å²) < 4.78 is 44.1. The molecular weight excluding hydrogens is 409 g/mol. The van der Waals surface area contributed by atoms with E-state index < -0.39 is 12.4 Å². The lowest BCUT2D eigenvalue weighted by molar-refractivity contribution is -0.129. The van der Waals surface area contributed by atoms with Gasteiger partial charge in [0.05, 0.1) is 23.8 Å². The molecule has 0 radical (unpaired) electrons. The Morgan fingerprint density at radius 1 is 1.24 bits per heavy atom. The van der Waals surface area contributed by atoms with Gasteiger partial charge in [0.1, 0.15) is 16.7 Å². The van der Waals surface area contributed by atoms with Crippen molar-refractivity contribution in [3.05, 3.63) is 51.8 Å². The predicted octanol–water partition coefficient (Wildman–Crippen LogP) is 4.24. The van der Waals surface area contributed by atoms with Crippen LogP contribution in [-0.4, -0.2) is 27.8 Å². The van der Waals surface area contributed by atoms with Crippen molar-refractivity contribution in [2.45, 2.75) is 32.4 Å². The Bertz CT molecular complexity index is 1080. The number of aryl methyl sites for hydroxylation is 1. The first-order valence-electron chi connectivity index (χ1n) is 8.87. The number of aromatic nitrogens is 3. The maximum absolute atomic E-state index is 14.6. The minimum absolute atomic E-state index is 0.0322.